The number of primary amides is 1. The van der Waals surface area contributed by atoms with Crippen LogP contribution in [0.25, 0.3) is 0 Å². The average molecular weight is 523 g/mol. The van der Waals surface area contributed by atoms with Gasteiger partial charge >= 0.3 is 17.9 Å². The first-order valence-corrected chi connectivity index (χ1v) is 11.5. The van der Waals surface area contributed by atoms with E-state index in [0.717, 1.165) is 0 Å². The lowest BCUT2D eigenvalue weighted by atomic mass is 10.1. The molecule has 2 heterocycles. The number of carbonyl (C=O) groups is 4. The van der Waals surface area contributed by atoms with E-state index in [-0.39, 0.29) is 12.3 Å². The van der Waals surface area contributed by atoms with E-state index in [1.54, 1.807) is 0 Å². The van der Waals surface area contributed by atoms with Crippen LogP contribution in [0, 0.1) is 0 Å². The highest BCUT2D eigenvalue weighted by Gasteiger charge is 2.51. The Labute approximate surface area is 206 Å². The quantitative estimate of drug-likeness (QED) is 0.234. The molecule has 0 radical (unpaired) electrons. The molecule has 34 heavy (non-hydrogen) atoms. The summed E-state index contributed by atoms with van der Waals surface area (Å²) < 4.78 is 22.8. The van der Waals surface area contributed by atoms with Crippen LogP contribution in [-0.2, 0) is 39.9 Å². The number of nitrogens with two attached hydrogens (primary N) is 1. The fraction of sp³-hybridized carbons (Fsp3) is 0.650. The van der Waals surface area contributed by atoms with Crippen molar-refractivity contribution < 1.29 is 38.1 Å². The standard InChI is InChI=1S/C20H28Cl2N4O8/c1-11(27)31-10-16-17(32-12(2)28)18(33-13(3)29)20(34-16)26-15(19(23)30)8-14(24-26)9-25(6-4-21)7-5-22/h8,16-18,20H,4-7,9-10H2,1-3H3,(H2,23,30)/t16-,17-,18-,20-/m1/s1. The molecule has 0 aliphatic carbocycles. The molecule has 190 valence electrons. The monoisotopic (exact) mass is 522 g/mol. The first-order valence-electron chi connectivity index (χ1n) is 10.4. The largest absolute Gasteiger partial charge is 0.463 e. The summed E-state index contributed by atoms with van der Waals surface area (Å²) in [5.41, 5.74) is 6.00. The van der Waals surface area contributed by atoms with Crippen molar-refractivity contribution in [3.63, 3.8) is 0 Å². The maximum Gasteiger partial charge on any atom is 0.303 e. The van der Waals surface area contributed by atoms with E-state index >= 15 is 0 Å². The van der Waals surface area contributed by atoms with E-state index in [9.17, 15) is 19.2 Å². The van der Waals surface area contributed by atoms with Gasteiger partial charge in [0.15, 0.2) is 18.4 Å². The molecule has 0 spiro atoms. The number of aromatic nitrogens is 2. The van der Waals surface area contributed by atoms with Gasteiger partial charge in [-0.3, -0.25) is 24.1 Å². The molecule has 4 atom stereocenters. The summed E-state index contributed by atoms with van der Waals surface area (Å²) in [6.45, 7) is 4.62. The van der Waals surface area contributed by atoms with Gasteiger partial charge in [0.1, 0.15) is 18.4 Å². The molecule has 1 aromatic heterocycles. The molecular weight excluding hydrogens is 495 g/mol. The molecule has 12 nitrogen and oxygen atoms in total. The molecule has 1 saturated heterocycles. The van der Waals surface area contributed by atoms with Crippen molar-refractivity contribution >= 4 is 47.0 Å². The molecule has 0 unspecified atom stereocenters. The molecule has 1 aromatic rings. The predicted octanol–water partition coefficient (Wildman–Crippen LogP) is 0.586. The number of nitrogens with zero attached hydrogens (tertiary/aromatic N) is 3. The summed E-state index contributed by atoms with van der Waals surface area (Å²) in [6.07, 6.45) is -4.53. The van der Waals surface area contributed by atoms with E-state index in [1.165, 1.54) is 31.5 Å². The summed E-state index contributed by atoms with van der Waals surface area (Å²) >= 11 is 11.7. The van der Waals surface area contributed by atoms with Crippen LogP contribution in [0.4, 0.5) is 0 Å². The Morgan fingerprint density at radius 2 is 1.65 bits per heavy atom. The minimum Gasteiger partial charge on any atom is -0.463 e. The molecule has 2 N–H and O–H groups in total. The average Bonchev–Trinajstić information content (AvgIpc) is 3.28. The van der Waals surface area contributed by atoms with Crippen molar-refractivity contribution in [2.75, 3.05) is 31.5 Å². The number of ether oxygens (including phenoxy) is 4. The molecule has 1 aliphatic heterocycles. The van der Waals surface area contributed by atoms with Crippen molar-refractivity contribution in [2.24, 2.45) is 5.73 Å². The van der Waals surface area contributed by atoms with Gasteiger partial charge in [-0.25, -0.2) is 4.68 Å². The van der Waals surface area contributed by atoms with Crippen LogP contribution in [0.15, 0.2) is 6.07 Å². The molecule has 1 aliphatic rings. The zero-order chi connectivity index (χ0) is 25.4. The third-order valence-corrected chi connectivity index (χ3v) is 5.15. The topological polar surface area (TPSA) is 152 Å². The molecule has 2 rings (SSSR count). The molecular formula is C20H28Cl2N4O8. The Kier molecular flexibility index (Phi) is 10.5. The molecule has 1 amide bonds. The first-order chi connectivity index (χ1) is 16.1. The van der Waals surface area contributed by atoms with Gasteiger partial charge in [-0.2, -0.15) is 5.10 Å². The second kappa shape index (κ2) is 12.9. The van der Waals surface area contributed by atoms with E-state index in [2.05, 4.69) is 5.10 Å². The molecule has 0 bridgehead atoms. The van der Waals surface area contributed by atoms with E-state index < -0.39 is 48.4 Å². The highest BCUT2D eigenvalue weighted by molar-refractivity contribution is 6.18. The number of carbonyl (C=O) groups excluding carboxylic acids is 4. The first kappa shape index (κ1) is 27.8. The predicted molar refractivity (Wildman–Crippen MR) is 119 cm³/mol. The molecule has 0 aromatic carbocycles. The zero-order valence-corrected chi connectivity index (χ0v) is 20.6. The summed E-state index contributed by atoms with van der Waals surface area (Å²) in [6, 6.07) is 1.48. The van der Waals surface area contributed by atoms with Crippen LogP contribution in [0.5, 0.6) is 0 Å². The second-order valence-corrected chi connectivity index (χ2v) is 8.26. The summed E-state index contributed by atoms with van der Waals surface area (Å²) in [4.78, 5) is 49.0. The Hall–Kier alpha value is -2.41. The van der Waals surface area contributed by atoms with Crippen LogP contribution in [0.1, 0.15) is 43.2 Å². The number of hydrogen-bond acceptors (Lipinski definition) is 10. The summed E-state index contributed by atoms with van der Waals surface area (Å²) in [7, 11) is 0. The van der Waals surface area contributed by atoms with E-state index in [4.69, 9.17) is 47.9 Å². The van der Waals surface area contributed by atoms with Gasteiger partial charge in [-0.15, -0.1) is 23.2 Å². The van der Waals surface area contributed by atoms with Gasteiger partial charge in [0.25, 0.3) is 5.91 Å². The number of hydrogen-bond donors (Lipinski definition) is 1. The summed E-state index contributed by atoms with van der Waals surface area (Å²) in [5, 5.41) is 4.44. The molecule has 1 fully saturated rings. The second-order valence-electron chi connectivity index (χ2n) is 7.50. The van der Waals surface area contributed by atoms with E-state index in [0.29, 0.717) is 37.1 Å². The Morgan fingerprint density at radius 3 is 2.15 bits per heavy atom. The number of esters is 3. The Balaban J connectivity index is 2.46. The Morgan fingerprint density at radius 1 is 1.06 bits per heavy atom. The number of alkyl halides is 2. The van der Waals surface area contributed by atoms with Crippen LogP contribution in [-0.4, -0.2) is 88.3 Å². The van der Waals surface area contributed by atoms with Crippen molar-refractivity contribution in [1.82, 2.24) is 14.7 Å². The third-order valence-electron chi connectivity index (χ3n) is 4.81. The smallest absolute Gasteiger partial charge is 0.303 e. The van der Waals surface area contributed by atoms with Crippen molar-refractivity contribution in [1.29, 1.82) is 0 Å². The maximum atomic E-state index is 12.2. The van der Waals surface area contributed by atoms with Crippen molar-refractivity contribution in [3.8, 4) is 0 Å². The molecule has 0 saturated carbocycles. The van der Waals surface area contributed by atoms with Crippen molar-refractivity contribution in [2.45, 2.75) is 51.9 Å². The minimum atomic E-state index is -1.20. The maximum absolute atomic E-state index is 12.2. The van der Waals surface area contributed by atoms with E-state index in [1.807, 2.05) is 4.90 Å². The number of rotatable bonds is 12. The zero-order valence-electron chi connectivity index (χ0n) is 19.1. The van der Waals surface area contributed by atoms with Crippen LogP contribution >= 0.6 is 23.2 Å². The SMILES string of the molecule is CC(=O)OC[C@H]1O[C@@H](n2nc(CN(CCCl)CCCl)cc2C(N)=O)[C@H](OC(C)=O)[C@@H]1OC(C)=O. The number of amides is 1. The molecule has 14 heteroatoms. The Bertz CT molecular complexity index is 890. The normalized spacial score (nSPS) is 21.9. The van der Waals surface area contributed by atoms with Crippen LogP contribution < -0.4 is 5.73 Å². The van der Waals surface area contributed by atoms with Crippen molar-refractivity contribution in [3.05, 3.63) is 17.5 Å². The number of halogens is 2. The fourth-order valence-corrected chi connectivity index (χ4v) is 4.01. The lowest BCUT2D eigenvalue weighted by Gasteiger charge is -2.23. The minimum absolute atomic E-state index is 0.0245. The fourth-order valence-electron chi connectivity index (χ4n) is 3.53. The van der Waals surface area contributed by atoms with Gasteiger partial charge in [-0.1, -0.05) is 0 Å². The van der Waals surface area contributed by atoms with Gasteiger partial charge in [0.2, 0.25) is 0 Å². The lowest BCUT2D eigenvalue weighted by Crippen LogP contribution is -2.41. The van der Waals surface area contributed by atoms with Crippen LogP contribution in [0.2, 0.25) is 0 Å². The van der Waals surface area contributed by atoms with Gasteiger partial charge in [-0.05, 0) is 6.07 Å². The third kappa shape index (κ3) is 7.55. The van der Waals surface area contributed by atoms with Gasteiger partial charge in [0.05, 0.1) is 5.69 Å². The highest BCUT2D eigenvalue weighted by atomic mass is 35.5. The highest BCUT2D eigenvalue weighted by Crippen LogP contribution is 2.35. The van der Waals surface area contributed by atoms with Crippen LogP contribution in [0.3, 0.4) is 0 Å². The lowest BCUT2D eigenvalue weighted by molar-refractivity contribution is -0.166. The summed E-state index contributed by atoms with van der Waals surface area (Å²) in [5.74, 6) is -2.03. The van der Waals surface area contributed by atoms with Gasteiger partial charge in [0, 0.05) is 52.2 Å². The van der Waals surface area contributed by atoms with Gasteiger partial charge < -0.3 is 24.7 Å².